The van der Waals surface area contributed by atoms with Gasteiger partial charge in [-0.2, -0.15) is 0 Å². The highest BCUT2D eigenvalue weighted by molar-refractivity contribution is 7.05. The Bertz CT molecular complexity index is 263. The topological polar surface area (TPSA) is 28.2 Å². The fraction of sp³-hybridized carbons (Fsp3) is 0.700. The summed E-state index contributed by atoms with van der Waals surface area (Å²) in [5.74, 6) is 0. The van der Waals surface area contributed by atoms with E-state index in [0.717, 1.165) is 19.6 Å². The van der Waals surface area contributed by atoms with Crippen LogP contribution in [0.5, 0.6) is 0 Å². The number of piperazine rings is 1. The van der Waals surface area contributed by atoms with Crippen molar-refractivity contribution in [1.29, 1.82) is 0 Å². The maximum Gasteiger partial charge on any atom is 0.0410 e. The molecule has 1 aromatic heterocycles. The van der Waals surface area contributed by atoms with Gasteiger partial charge in [0.1, 0.15) is 0 Å². The molecule has 78 valence electrons. The van der Waals surface area contributed by atoms with Crippen LogP contribution in [0.25, 0.3) is 0 Å². The Hall–Kier alpha value is -0.450. The Morgan fingerprint density at radius 2 is 2.21 bits per heavy atom. The third-order valence-corrected chi connectivity index (χ3v) is 3.57. The van der Waals surface area contributed by atoms with Crippen molar-refractivity contribution in [3.05, 3.63) is 17.1 Å². The summed E-state index contributed by atoms with van der Waals surface area (Å²) in [6, 6.07) is 3.37. The number of aromatic nitrogens is 1. The Labute approximate surface area is 89.3 Å². The molecule has 1 aliphatic rings. The molecule has 0 radical (unpaired) electrons. The van der Waals surface area contributed by atoms with Gasteiger partial charge in [0.25, 0.3) is 0 Å². The second-order valence-electron chi connectivity index (χ2n) is 4.01. The predicted octanol–water partition coefficient (Wildman–Crippen LogP) is 1.33. The molecule has 2 rings (SSSR count). The molecule has 4 heteroatoms. The first kappa shape index (κ1) is 10.1. The van der Waals surface area contributed by atoms with Crippen molar-refractivity contribution in [2.75, 3.05) is 13.1 Å². The van der Waals surface area contributed by atoms with Gasteiger partial charge in [0, 0.05) is 42.8 Å². The molecule has 1 N–H and O–H groups in total. The standard InChI is InChI=1S/C10H17N3S/c1-8-5-11-6-9(2)13(8)7-10-3-4-12-14-10/h3-4,8-9,11H,5-7H2,1-2H3. The van der Waals surface area contributed by atoms with Gasteiger partial charge in [-0.1, -0.05) is 0 Å². The normalized spacial score (nSPS) is 29.3. The van der Waals surface area contributed by atoms with Crippen LogP contribution in [0.1, 0.15) is 18.7 Å². The van der Waals surface area contributed by atoms with Gasteiger partial charge in [-0.05, 0) is 31.4 Å². The van der Waals surface area contributed by atoms with E-state index in [1.54, 1.807) is 11.5 Å². The highest BCUT2D eigenvalue weighted by atomic mass is 32.1. The average molecular weight is 211 g/mol. The third kappa shape index (κ3) is 2.13. The zero-order valence-corrected chi connectivity index (χ0v) is 9.55. The molecule has 14 heavy (non-hydrogen) atoms. The lowest BCUT2D eigenvalue weighted by Crippen LogP contribution is -2.54. The van der Waals surface area contributed by atoms with E-state index in [4.69, 9.17) is 0 Å². The van der Waals surface area contributed by atoms with E-state index in [-0.39, 0.29) is 0 Å². The molecular weight excluding hydrogens is 194 g/mol. The zero-order valence-electron chi connectivity index (χ0n) is 8.73. The minimum atomic E-state index is 0.626. The van der Waals surface area contributed by atoms with Crippen LogP contribution in [0, 0.1) is 0 Å². The molecule has 1 fully saturated rings. The van der Waals surface area contributed by atoms with Crippen LogP contribution >= 0.6 is 11.5 Å². The van der Waals surface area contributed by atoms with Crippen LogP contribution in [0.4, 0.5) is 0 Å². The Balaban J connectivity index is 2.01. The Morgan fingerprint density at radius 1 is 1.50 bits per heavy atom. The number of hydrogen-bond donors (Lipinski definition) is 1. The summed E-state index contributed by atoms with van der Waals surface area (Å²) in [4.78, 5) is 3.91. The maximum atomic E-state index is 4.14. The van der Waals surface area contributed by atoms with Crippen LogP contribution in [0.2, 0.25) is 0 Å². The van der Waals surface area contributed by atoms with Crippen molar-refractivity contribution in [2.45, 2.75) is 32.5 Å². The second-order valence-corrected chi connectivity index (χ2v) is 4.93. The highest BCUT2D eigenvalue weighted by Gasteiger charge is 2.24. The van der Waals surface area contributed by atoms with Crippen LogP contribution in [-0.2, 0) is 6.54 Å². The van der Waals surface area contributed by atoms with E-state index < -0.39 is 0 Å². The summed E-state index contributed by atoms with van der Waals surface area (Å²) < 4.78 is 4.14. The highest BCUT2D eigenvalue weighted by Crippen LogP contribution is 2.16. The minimum absolute atomic E-state index is 0.626. The van der Waals surface area contributed by atoms with E-state index >= 15 is 0 Å². The maximum absolute atomic E-state index is 4.14. The smallest absolute Gasteiger partial charge is 0.0410 e. The van der Waals surface area contributed by atoms with Crippen molar-refractivity contribution in [2.24, 2.45) is 0 Å². The van der Waals surface area contributed by atoms with Crippen molar-refractivity contribution in [3.8, 4) is 0 Å². The number of rotatable bonds is 2. The Morgan fingerprint density at radius 3 is 2.79 bits per heavy atom. The van der Waals surface area contributed by atoms with Crippen molar-refractivity contribution in [1.82, 2.24) is 14.6 Å². The number of nitrogens with one attached hydrogen (secondary N) is 1. The molecule has 0 spiro atoms. The van der Waals surface area contributed by atoms with Gasteiger partial charge in [-0.15, -0.1) is 0 Å². The average Bonchev–Trinajstić information content (AvgIpc) is 2.64. The largest absolute Gasteiger partial charge is 0.314 e. The molecule has 0 aromatic carbocycles. The van der Waals surface area contributed by atoms with Gasteiger partial charge < -0.3 is 5.32 Å². The molecule has 1 aromatic rings. The van der Waals surface area contributed by atoms with Crippen molar-refractivity contribution >= 4 is 11.5 Å². The van der Waals surface area contributed by atoms with Gasteiger partial charge in [-0.25, -0.2) is 4.37 Å². The summed E-state index contributed by atoms with van der Waals surface area (Å²) in [6.07, 6.45) is 1.89. The molecule has 0 saturated carbocycles. The lowest BCUT2D eigenvalue weighted by molar-refractivity contribution is 0.110. The van der Waals surface area contributed by atoms with Gasteiger partial charge in [0.2, 0.25) is 0 Å². The lowest BCUT2D eigenvalue weighted by Gasteiger charge is -2.39. The summed E-state index contributed by atoms with van der Waals surface area (Å²) in [5.41, 5.74) is 0. The van der Waals surface area contributed by atoms with Crippen molar-refractivity contribution in [3.63, 3.8) is 0 Å². The van der Waals surface area contributed by atoms with Crippen LogP contribution in [0.15, 0.2) is 12.3 Å². The second kappa shape index (κ2) is 4.38. The monoisotopic (exact) mass is 211 g/mol. The third-order valence-electron chi connectivity index (χ3n) is 2.84. The lowest BCUT2D eigenvalue weighted by atomic mass is 10.1. The first-order valence-electron chi connectivity index (χ1n) is 5.13. The molecule has 1 saturated heterocycles. The van der Waals surface area contributed by atoms with Gasteiger partial charge >= 0.3 is 0 Å². The first-order valence-corrected chi connectivity index (χ1v) is 5.90. The molecule has 0 amide bonds. The quantitative estimate of drug-likeness (QED) is 0.800. The molecule has 1 aliphatic heterocycles. The van der Waals surface area contributed by atoms with Gasteiger partial charge in [0.15, 0.2) is 0 Å². The minimum Gasteiger partial charge on any atom is -0.314 e. The van der Waals surface area contributed by atoms with E-state index in [1.807, 2.05) is 6.20 Å². The fourth-order valence-electron chi connectivity index (χ4n) is 1.99. The van der Waals surface area contributed by atoms with E-state index in [9.17, 15) is 0 Å². The SMILES string of the molecule is CC1CNCC(C)N1Cc1ccns1. The molecule has 0 aliphatic carbocycles. The summed E-state index contributed by atoms with van der Waals surface area (Å²) in [5, 5.41) is 3.44. The molecule has 2 unspecified atom stereocenters. The van der Waals surface area contributed by atoms with Crippen LogP contribution in [-0.4, -0.2) is 34.4 Å². The van der Waals surface area contributed by atoms with E-state index in [2.05, 4.69) is 34.5 Å². The molecule has 3 nitrogen and oxygen atoms in total. The van der Waals surface area contributed by atoms with Crippen LogP contribution in [0.3, 0.4) is 0 Å². The summed E-state index contributed by atoms with van der Waals surface area (Å²) >= 11 is 1.61. The summed E-state index contributed by atoms with van der Waals surface area (Å²) in [6.45, 7) is 7.81. The molecule has 0 bridgehead atoms. The van der Waals surface area contributed by atoms with E-state index in [1.165, 1.54) is 4.88 Å². The zero-order chi connectivity index (χ0) is 9.97. The van der Waals surface area contributed by atoms with Gasteiger partial charge in [0.05, 0.1) is 0 Å². The molecule has 2 atom stereocenters. The molecule has 2 heterocycles. The first-order chi connectivity index (χ1) is 6.77. The van der Waals surface area contributed by atoms with Gasteiger partial charge in [-0.3, -0.25) is 4.90 Å². The predicted molar refractivity (Wildman–Crippen MR) is 59.5 cm³/mol. The number of hydrogen-bond acceptors (Lipinski definition) is 4. The molecular formula is C10H17N3S. The van der Waals surface area contributed by atoms with Crippen molar-refractivity contribution < 1.29 is 0 Å². The Kier molecular flexibility index (Phi) is 3.15. The fourth-order valence-corrected chi connectivity index (χ4v) is 2.57. The van der Waals surface area contributed by atoms with Crippen LogP contribution < -0.4 is 5.32 Å². The number of nitrogens with zero attached hydrogens (tertiary/aromatic N) is 2. The van der Waals surface area contributed by atoms with E-state index in [0.29, 0.717) is 12.1 Å². The summed E-state index contributed by atoms with van der Waals surface area (Å²) in [7, 11) is 0.